The van der Waals surface area contributed by atoms with Crippen molar-refractivity contribution in [3.63, 3.8) is 0 Å². The van der Waals surface area contributed by atoms with E-state index in [0.29, 0.717) is 17.7 Å². The maximum atomic E-state index is 6.19. The molecule has 1 saturated carbocycles. The normalized spacial score (nSPS) is 16.9. The van der Waals surface area contributed by atoms with Gasteiger partial charge in [0.2, 0.25) is 5.95 Å². The zero-order chi connectivity index (χ0) is 14.8. The SMILES string of the molecule is COc1cc2nc(N)n(C3CCCCCC3)c2cc1OC. The summed E-state index contributed by atoms with van der Waals surface area (Å²) in [4.78, 5) is 4.51. The van der Waals surface area contributed by atoms with Crippen LogP contribution in [0.15, 0.2) is 12.1 Å². The molecular weight excluding hydrogens is 266 g/mol. The van der Waals surface area contributed by atoms with Gasteiger partial charge in [0.05, 0.1) is 25.3 Å². The van der Waals surface area contributed by atoms with E-state index >= 15 is 0 Å². The van der Waals surface area contributed by atoms with Gasteiger partial charge in [0.1, 0.15) is 0 Å². The first-order valence-corrected chi connectivity index (χ1v) is 7.64. The number of fused-ring (bicyclic) bond motifs is 1. The lowest BCUT2D eigenvalue weighted by Crippen LogP contribution is -2.11. The summed E-state index contributed by atoms with van der Waals surface area (Å²) in [5.74, 6) is 2.00. The van der Waals surface area contributed by atoms with E-state index in [2.05, 4.69) is 9.55 Å². The lowest BCUT2D eigenvalue weighted by molar-refractivity contribution is 0.355. The van der Waals surface area contributed by atoms with Crippen molar-refractivity contribution in [2.24, 2.45) is 0 Å². The largest absolute Gasteiger partial charge is 0.493 e. The number of nitrogens with zero attached hydrogens (tertiary/aromatic N) is 2. The zero-order valence-corrected chi connectivity index (χ0v) is 12.8. The minimum absolute atomic E-state index is 0.440. The van der Waals surface area contributed by atoms with Crippen molar-refractivity contribution in [3.05, 3.63) is 12.1 Å². The van der Waals surface area contributed by atoms with E-state index in [4.69, 9.17) is 15.2 Å². The van der Waals surface area contributed by atoms with Gasteiger partial charge in [0.25, 0.3) is 0 Å². The molecule has 5 nitrogen and oxygen atoms in total. The molecule has 1 aromatic heterocycles. The van der Waals surface area contributed by atoms with Crippen molar-refractivity contribution in [3.8, 4) is 11.5 Å². The molecule has 0 aliphatic heterocycles. The monoisotopic (exact) mass is 289 g/mol. The summed E-state index contributed by atoms with van der Waals surface area (Å²) in [6.45, 7) is 0. The molecule has 0 amide bonds. The van der Waals surface area contributed by atoms with Crippen LogP contribution in [0.4, 0.5) is 5.95 Å². The summed E-state index contributed by atoms with van der Waals surface area (Å²) in [6.07, 6.45) is 7.50. The van der Waals surface area contributed by atoms with Gasteiger partial charge in [-0.15, -0.1) is 0 Å². The summed E-state index contributed by atoms with van der Waals surface area (Å²) in [7, 11) is 3.29. The molecule has 0 radical (unpaired) electrons. The van der Waals surface area contributed by atoms with E-state index in [1.165, 1.54) is 38.5 Å². The van der Waals surface area contributed by atoms with Crippen molar-refractivity contribution in [2.45, 2.75) is 44.6 Å². The van der Waals surface area contributed by atoms with Gasteiger partial charge in [-0.25, -0.2) is 4.98 Å². The number of anilines is 1. The number of rotatable bonds is 3. The molecule has 0 unspecified atom stereocenters. The Kier molecular flexibility index (Phi) is 3.90. The number of imidazole rings is 1. The van der Waals surface area contributed by atoms with Crippen LogP contribution < -0.4 is 15.2 Å². The van der Waals surface area contributed by atoms with Crippen LogP contribution in [0.5, 0.6) is 11.5 Å². The number of hydrogen-bond acceptors (Lipinski definition) is 4. The number of nitrogen functional groups attached to an aromatic ring is 1. The Bertz CT molecular complexity index is 628. The standard InChI is InChI=1S/C16H23N3O2/c1-20-14-9-12-13(10-15(14)21-2)19(16(17)18-12)11-7-5-3-4-6-8-11/h9-11H,3-8H2,1-2H3,(H2,17,18). The highest BCUT2D eigenvalue weighted by Crippen LogP contribution is 2.37. The predicted molar refractivity (Wildman–Crippen MR) is 84.0 cm³/mol. The van der Waals surface area contributed by atoms with E-state index in [9.17, 15) is 0 Å². The Morgan fingerprint density at radius 2 is 1.67 bits per heavy atom. The lowest BCUT2D eigenvalue weighted by Gasteiger charge is -2.19. The van der Waals surface area contributed by atoms with Crippen LogP contribution in [0.2, 0.25) is 0 Å². The topological polar surface area (TPSA) is 62.3 Å². The molecule has 0 saturated heterocycles. The van der Waals surface area contributed by atoms with E-state index in [1.807, 2.05) is 12.1 Å². The third-order valence-corrected chi connectivity index (χ3v) is 4.41. The van der Waals surface area contributed by atoms with E-state index < -0.39 is 0 Å². The van der Waals surface area contributed by atoms with Gasteiger partial charge in [0, 0.05) is 18.2 Å². The van der Waals surface area contributed by atoms with Crippen LogP contribution in [-0.4, -0.2) is 23.8 Å². The smallest absolute Gasteiger partial charge is 0.201 e. The van der Waals surface area contributed by atoms with Crippen molar-refractivity contribution in [2.75, 3.05) is 20.0 Å². The molecule has 21 heavy (non-hydrogen) atoms. The number of methoxy groups -OCH3 is 2. The van der Waals surface area contributed by atoms with Crippen LogP contribution in [0.3, 0.4) is 0 Å². The molecule has 3 rings (SSSR count). The summed E-state index contributed by atoms with van der Waals surface area (Å²) in [5, 5.41) is 0. The molecule has 0 atom stereocenters. The first-order chi connectivity index (χ1) is 10.2. The Hall–Kier alpha value is -1.91. The summed E-state index contributed by atoms with van der Waals surface area (Å²) in [5.41, 5.74) is 8.10. The van der Waals surface area contributed by atoms with Crippen molar-refractivity contribution < 1.29 is 9.47 Å². The molecule has 2 N–H and O–H groups in total. The lowest BCUT2D eigenvalue weighted by atomic mass is 10.1. The number of ether oxygens (including phenoxy) is 2. The van der Waals surface area contributed by atoms with Crippen molar-refractivity contribution in [1.29, 1.82) is 0 Å². The van der Waals surface area contributed by atoms with Crippen LogP contribution in [0, 0.1) is 0 Å². The zero-order valence-electron chi connectivity index (χ0n) is 12.8. The Morgan fingerprint density at radius 3 is 2.29 bits per heavy atom. The highest BCUT2D eigenvalue weighted by Gasteiger charge is 2.21. The fourth-order valence-electron chi connectivity index (χ4n) is 3.34. The summed E-state index contributed by atoms with van der Waals surface area (Å²) < 4.78 is 12.9. The Balaban J connectivity index is 2.10. The molecule has 1 aromatic carbocycles. The molecule has 0 bridgehead atoms. The number of benzene rings is 1. The molecule has 1 aliphatic carbocycles. The highest BCUT2D eigenvalue weighted by molar-refractivity contribution is 5.82. The fraction of sp³-hybridized carbons (Fsp3) is 0.562. The van der Waals surface area contributed by atoms with E-state index in [-0.39, 0.29) is 0 Å². The van der Waals surface area contributed by atoms with Gasteiger partial charge in [-0.1, -0.05) is 25.7 Å². The average molecular weight is 289 g/mol. The van der Waals surface area contributed by atoms with Crippen LogP contribution >= 0.6 is 0 Å². The molecule has 2 aromatic rings. The third kappa shape index (κ3) is 2.52. The minimum Gasteiger partial charge on any atom is -0.493 e. The van der Waals surface area contributed by atoms with E-state index in [0.717, 1.165) is 16.8 Å². The molecule has 5 heteroatoms. The second kappa shape index (κ2) is 5.84. The van der Waals surface area contributed by atoms with Gasteiger partial charge in [-0.2, -0.15) is 0 Å². The van der Waals surface area contributed by atoms with Crippen molar-refractivity contribution >= 4 is 17.0 Å². The van der Waals surface area contributed by atoms with Gasteiger partial charge in [0.15, 0.2) is 11.5 Å². The van der Waals surface area contributed by atoms with Crippen LogP contribution in [0.25, 0.3) is 11.0 Å². The molecule has 1 aliphatic rings. The molecule has 0 spiro atoms. The van der Waals surface area contributed by atoms with Crippen molar-refractivity contribution in [1.82, 2.24) is 9.55 Å². The Labute approximate surface area is 125 Å². The van der Waals surface area contributed by atoms with E-state index in [1.54, 1.807) is 14.2 Å². The van der Waals surface area contributed by atoms with Gasteiger partial charge in [-0.3, -0.25) is 0 Å². The molecule has 114 valence electrons. The second-order valence-corrected chi connectivity index (χ2v) is 5.68. The average Bonchev–Trinajstić information content (AvgIpc) is 2.68. The summed E-state index contributed by atoms with van der Waals surface area (Å²) >= 11 is 0. The fourth-order valence-corrected chi connectivity index (χ4v) is 3.34. The van der Waals surface area contributed by atoms with Crippen LogP contribution in [0.1, 0.15) is 44.6 Å². The molecule has 1 fully saturated rings. The maximum Gasteiger partial charge on any atom is 0.201 e. The number of nitrogens with two attached hydrogens (primary N) is 1. The number of hydrogen-bond donors (Lipinski definition) is 1. The first kappa shape index (κ1) is 14.0. The third-order valence-electron chi connectivity index (χ3n) is 4.41. The second-order valence-electron chi connectivity index (χ2n) is 5.68. The molecule has 1 heterocycles. The Morgan fingerprint density at radius 1 is 1.05 bits per heavy atom. The highest BCUT2D eigenvalue weighted by atomic mass is 16.5. The number of aromatic nitrogens is 2. The first-order valence-electron chi connectivity index (χ1n) is 7.64. The van der Waals surface area contributed by atoms with Gasteiger partial charge < -0.3 is 19.8 Å². The maximum absolute atomic E-state index is 6.19. The summed E-state index contributed by atoms with van der Waals surface area (Å²) in [6, 6.07) is 4.33. The minimum atomic E-state index is 0.440. The van der Waals surface area contributed by atoms with Crippen LogP contribution in [-0.2, 0) is 0 Å². The van der Waals surface area contributed by atoms with Gasteiger partial charge >= 0.3 is 0 Å². The van der Waals surface area contributed by atoms with Gasteiger partial charge in [-0.05, 0) is 12.8 Å². The molecular formula is C16H23N3O2. The quantitative estimate of drug-likeness (QED) is 0.878. The predicted octanol–water partition coefficient (Wildman–Crippen LogP) is 3.53.